The zero-order valence-corrected chi connectivity index (χ0v) is 15.5. The fourth-order valence-electron chi connectivity index (χ4n) is 3.74. The molecule has 2 aromatic carbocycles. The molecule has 0 unspecified atom stereocenters. The van der Waals surface area contributed by atoms with Gasteiger partial charge in [-0.25, -0.2) is 0 Å². The summed E-state index contributed by atoms with van der Waals surface area (Å²) in [6.07, 6.45) is 7.86. The summed E-state index contributed by atoms with van der Waals surface area (Å²) in [4.78, 5) is 0. The minimum Gasteiger partial charge on any atom is -0.493 e. The molecule has 1 aliphatic carbocycles. The summed E-state index contributed by atoms with van der Waals surface area (Å²) in [5.41, 5.74) is 0. The molecule has 0 aromatic heterocycles. The van der Waals surface area contributed by atoms with E-state index < -0.39 is 0 Å². The van der Waals surface area contributed by atoms with Crippen LogP contribution < -0.4 is 4.74 Å². The third kappa shape index (κ3) is 4.37. The highest BCUT2D eigenvalue weighted by molar-refractivity contribution is 6.21. The van der Waals surface area contributed by atoms with Gasteiger partial charge in [-0.2, -0.15) is 0 Å². The van der Waals surface area contributed by atoms with Gasteiger partial charge in [0.2, 0.25) is 0 Å². The second-order valence-electron chi connectivity index (χ2n) is 6.93. The van der Waals surface area contributed by atoms with E-state index in [4.69, 9.17) is 16.3 Å². The van der Waals surface area contributed by atoms with Gasteiger partial charge in [0.15, 0.2) is 0 Å². The van der Waals surface area contributed by atoms with Gasteiger partial charge < -0.3 is 9.84 Å². The Morgan fingerprint density at radius 3 is 2.76 bits per heavy atom. The van der Waals surface area contributed by atoms with Gasteiger partial charge in [-0.15, -0.1) is 11.6 Å². The maximum Gasteiger partial charge on any atom is 0.127 e. The van der Waals surface area contributed by atoms with Crippen molar-refractivity contribution < 1.29 is 9.84 Å². The number of ether oxygens (including phenoxy) is 1. The van der Waals surface area contributed by atoms with Crippen LogP contribution in [0.3, 0.4) is 0 Å². The van der Waals surface area contributed by atoms with Crippen molar-refractivity contribution in [2.75, 3.05) is 6.61 Å². The van der Waals surface area contributed by atoms with Gasteiger partial charge in [-0.05, 0) is 36.6 Å². The number of fused-ring (bicyclic) bond motifs is 1. The van der Waals surface area contributed by atoms with Crippen LogP contribution in [0.2, 0.25) is 0 Å². The molecule has 0 spiro atoms. The maximum atomic E-state index is 10.4. The lowest BCUT2D eigenvalue weighted by Crippen LogP contribution is -2.27. The van der Waals surface area contributed by atoms with E-state index in [1.165, 1.54) is 5.39 Å². The third-order valence-electron chi connectivity index (χ3n) is 5.19. The molecule has 0 aliphatic heterocycles. The molecule has 1 aliphatic rings. The fraction of sp³-hybridized carbons (Fsp3) is 0.455. The largest absolute Gasteiger partial charge is 0.493 e. The van der Waals surface area contributed by atoms with Gasteiger partial charge >= 0.3 is 0 Å². The van der Waals surface area contributed by atoms with Crippen LogP contribution in [0.4, 0.5) is 0 Å². The fourth-order valence-corrected chi connectivity index (χ4v) is 4.21. The van der Waals surface area contributed by atoms with Crippen molar-refractivity contribution in [1.29, 1.82) is 0 Å². The number of aliphatic hydroxyl groups is 1. The van der Waals surface area contributed by atoms with Gasteiger partial charge in [0.1, 0.15) is 5.75 Å². The Bertz CT molecular complexity index is 707. The number of allylic oxidation sites excluding steroid dienone is 2. The van der Waals surface area contributed by atoms with Crippen LogP contribution in [0, 0.1) is 11.8 Å². The number of rotatable bonds is 7. The number of aliphatic hydroxyl groups excluding tert-OH is 1. The van der Waals surface area contributed by atoms with Gasteiger partial charge in [-0.3, -0.25) is 0 Å². The number of hydrogen-bond donors (Lipinski definition) is 1. The first-order valence-corrected chi connectivity index (χ1v) is 9.72. The highest BCUT2D eigenvalue weighted by Gasteiger charge is 2.41. The molecule has 0 amide bonds. The molecule has 4 atom stereocenters. The second kappa shape index (κ2) is 8.73. The number of unbranched alkanes of at least 4 members (excludes halogenated alkanes) is 1. The van der Waals surface area contributed by atoms with Crippen LogP contribution >= 0.6 is 11.6 Å². The smallest absolute Gasteiger partial charge is 0.127 e. The summed E-state index contributed by atoms with van der Waals surface area (Å²) in [5.74, 6) is 1.22. The van der Waals surface area contributed by atoms with Crippen LogP contribution in [-0.4, -0.2) is 23.2 Å². The van der Waals surface area contributed by atoms with Gasteiger partial charge in [0, 0.05) is 16.7 Å². The lowest BCUT2D eigenvalue weighted by Gasteiger charge is -2.23. The van der Waals surface area contributed by atoms with E-state index in [2.05, 4.69) is 37.3 Å². The Morgan fingerprint density at radius 1 is 1.12 bits per heavy atom. The molecule has 2 nitrogen and oxygen atoms in total. The molecule has 1 N–H and O–H groups in total. The topological polar surface area (TPSA) is 29.5 Å². The van der Waals surface area contributed by atoms with E-state index in [0.29, 0.717) is 13.0 Å². The molecule has 0 saturated heterocycles. The number of hydrogen-bond acceptors (Lipinski definition) is 2. The first-order valence-electron chi connectivity index (χ1n) is 9.28. The molecule has 1 fully saturated rings. The first kappa shape index (κ1) is 18.3. The summed E-state index contributed by atoms with van der Waals surface area (Å²) in [7, 11) is 0. The Kier molecular flexibility index (Phi) is 6.39. The lowest BCUT2D eigenvalue weighted by molar-refractivity contribution is 0.0812. The van der Waals surface area contributed by atoms with E-state index in [1.807, 2.05) is 24.3 Å². The molecule has 3 heteroatoms. The average Bonchev–Trinajstić information content (AvgIpc) is 2.90. The molecule has 3 rings (SSSR count). The standard InChI is InChI=1S/C22H27ClO2/c1-2-3-4-5-12-18-19(21(24)14-20(18)23)15-25-22-13-8-10-16-9-6-7-11-17(16)22/h4-11,13,18-21,24H,2-3,12,14-15H2,1H3/b5-4-/t18-,19-,20-,21-/m1/s1. The molecular formula is C22H27ClO2. The van der Waals surface area contributed by atoms with Crippen molar-refractivity contribution in [3.63, 3.8) is 0 Å². The average molecular weight is 359 g/mol. The Hall–Kier alpha value is -1.51. The van der Waals surface area contributed by atoms with Crippen LogP contribution in [0.5, 0.6) is 5.75 Å². The van der Waals surface area contributed by atoms with Gasteiger partial charge in [0.25, 0.3) is 0 Å². The van der Waals surface area contributed by atoms with E-state index in [9.17, 15) is 5.11 Å². The minimum atomic E-state index is -0.387. The number of benzene rings is 2. The van der Waals surface area contributed by atoms with Crippen molar-refractivity contribution >= 4 is 22.4 Å². The summed E-state index contributed by atoms with van der Waals surface area (Å²) < 4.78 is 6.14. The van der Waals surface area contributed by atoms with Crippen molar-refractivity contribution in [2.24, 2.45) is 11.8 Å². The quantitative estimate of drug-likeness (QED) is 0.518. The molecule has 2 aromatic rings. The van der Waals surface area contributed by atoms with Crippen LogP contribution in [-0.2, 0) is 0 Å². The minimum absolute atomic E-state index is 0.0161. The summed E-state index contributed by atoms with van der Waals surface area (Å²) in [6.45, 7) is 2.68. The Morgan fingerprint density at radius 2 is 1.92 bits per heavy atom. The van der Waals surface area contributed by atoms with E-state index in [-0.39, 0.29) is 23.3 Å². The van der Waals surface area contributed by atoms with Crippen LogP contribution in [0.25, 0.3) is 10.8 Å². The van der Waals surface area contributed by atoms with Gasteiger partial charge in [0.05, 0.1) is 12.7 Å². The zero-order valence-electron chi connectivity index (χ0n) is 14.8. The predicted octanol–water partition coefficient (Wildman–Crippen LogP) is 5.57. The molecule has 0 radical (unpaired) electrons. The lowest BCUT2D eigenvalue weighted by atomic mass is 9.92. The first-order chi connectivity index (χ1) is 12.2. The van der Waals surface area contributed by atoms with Crippen molar-refractivity contribution in [3.8, 4) is 5.75 Å². The zero-order chi connectivity index (χ0) is 17.6. The van der Waals surface area contributed by atoms with E-state index >= 15 is 0 Å². The van der Waals surface area contributed by atoms with Crippen LogP contribution in [0.1, 0.15) is 32.6 Å². The van der Waals surface area contributed by atoms with Crippen LogP contribution in [0.15, 0.2) is 54.6 Å². The molecule has 25 heavy (non-hydrogen) atoms. The highest BCUT2D eigenvalue weighted by Crippen LogP contribution is 2.39. The third-order valence-corrected chi connectivity index (χ3v) is 5.69. The van der Waals surface area contributed by atoms with Crippen molar-refractivity contribution in [2.45, 2.75) is 44.1 Å². The highest BCUT2D eigenvalue weighted by atomic mass is 35.5. The molecule has 0 bridgehead atoms. The Labute approximate surface area is 155 Å². The maximum absolute atomic E-state index is 10.4. The summed E-state index contributed by atoms with van der Waals surface area (Å²) in [5, 5.41) is 12.7. The van der Waals surface area contributed by atoms with Crippen molar-refractivity contribution in [3.05, 3.63) is 54.6 Å². The summed E-state index contributed by atoms with van der Waals surface area (Å²) >= 11 is 6.51. The number of alkyl halides is 1. The normalized spacial score (nSPS) is 26.5. The van der Waals surface area contributed by atoms with Crippen molar-refractivity contribution in [1.82, 2.24) is 0 Å². The molecule has 0 heterocycles. The molecule has 134 valence electrons. The van der Waals surface area contributed by atoms with Gasteiger partial charge in [-0.1, -0.05) is 61.9 Å². The monoisotopic (exact) mass is 358 g/mol. The number of halogens is 1. The summed E-state index contributed by atoms with van der Waals surface area (Å²) in [6, 6.07) is 14.3. The van der Waals surface area contributed by atoms with E-state index in [0.717, 1.165) is 30.4 Å². The second-order valence-corrected chi connectivity index (χ2v) is 7.49. The Balaban J connectivity index is 1.69. The molecular weight excluding hydrogens is 332 g/mol. The SMILES string of the molecule is CCC/C=C\C[C@@H]1[C@@H](COc2cccc3ccccc23)[C@H](O)C[C@H]1Cl. The predicted molar refractivity (Wildman–Crippen MR) is 105 cm³/mol. The van der Waals surface area contributed by atoms with E-state index in [1.54, 1.807) is 0 Å². The molecule has 1 saturated carbocycles.